The third-order valence-corrected chi connectivity index (χ3v) is 4.28. The Bertz CT molecular complexity index is 985. The van der Waals surface area contributed by atoms with Crippen molar-refractivity contribution in [2.75, 3.05) is 7.11 Å². The molecule has 30 heavy (non-hydrogen) atoms. The van der Waals surface area contributed by atoms with Gasteiger partial charge in [0.25, 0.3) is 0 Å². The van der Waals surface area contributed by atoms with Gasteiger partial charge in [0, 0.05) is 12.0 Å². The Morgan fingerprint density at radius 1 is 1.13 bits per heavy atom. The number of ether oxygens (including phenoxy) is 3. The Labute approximate surface area is 172 Å². The molecule has 0 aliphatic rings. The summed E-state index contributed by atoms with van der Waals surface area (Å²) in [6.45, 7) is -0.975. The highest BCUT2D eigenvalue weighted by Gasteiger charge is 2.13. The number of nitrogens with zero attached hydrogens (tertiary/aromatic N) is 1. The maximum absolute atomic E-state index is 12.4. The van der Waals surface area contributed by atoms with Crippen molar-refractivity contribution in [1.82, 2.24) is 4.98 Å². The van der Waals surface area contributed by atoms with E-state index in [9.17, 15) is 13.6 Å². The van der Waals surface area contributed by atoms with Gasteiger partial charge < -0.3 is 18.6 Å². The van der Waals surface area contributed by atoms with Crippen molar-refractivity contribution >= 4 is 5.97 Å². The Balaban J connectivity index is 1.50. The number of aromatic nitrogens is 1. The van der Waals surface area contributed by atoms with Crippen LogP contribution >= 0.6 is 0 Å². The van der Waals surface area contributed by atoms with Crippen LogP contribution in [0.2, 0.25) is 0 Å². The number of halogens is 2. The predicted octanol–water partition coefficient (Wildman–Crippen LogP) is 4.94. The lowest BCUT2D eigenvalue weighted by molar-refractivity contribution is -0.145. The van der Waals surface area contributed by atoms with Crippen molar-refractivity contribution in [2.45, 2.75) is 33.0 Å². The number of carbonyl (C=O) groups is 1. The van der Waals surface area contributed by atoms with Crippen molar-refractivity contribution < 1.29 is 32.2 Å². The number of hydrogen-bond donors (Lipinski definition) is 0. The molecule has 0 unspecified atom stereocenters. The summed E-state index contributed by atoms with van der Waals surface area (Å²) in [6.07, 6.45) is 2.02. The first-order chi connectivity index (χ1) is 14.4. The maximum Gasteiger partial charge on any atom is 0.387 e. The van der Waals surface area contributed by atoms with E-state index >= 15 is 0 Å². The average molecular weight is 417 g/mol. The van der Waals surface area contributed by atoms with E-state index in [2.05, 4.69) is 9.72 Å². The van der Waals surface area contributed by atoms with E-state index in [1.54, 1.807) is 6.20 Å². The van der Waals surface area contributed by atoms with Gasteiger partial charge in [-0.3, -0.25) is 4.79 Å². The minimum Gasteiger partial charge on any atom is -0.493 e. The SMILES string of the molecule is COc1cc(COC(=O)CCc2ncc(-c3ccc(C)cc3)o2)ccc1OC(F)F. The molecule has 0 aliphatic carbocycles. The molecule has 0 saturated heterocycles. The summed E-state index contributed by atoms with van der Waals surface area (Å²) in [7, 11) is 1.34. The fraction of sp³-hybridized carbons (Fsp3) is 0.273. The predicted molar refractivity (Wildman–Crippen MR) is 104 cm³/mol. The van der Waals surface area contributed by atoms with Crippen molar-refractivity contribution in [1.29, 1.82) is 0 Å². The van der Waals surface area contributed by atoms with Crippen molar-refractivity contribution in [2.24, 2.45) is 0 Å². The third kappa shape index (κ3) is 5.79. The van der Waals surface area contributed by atoms with Gasteiger partial charge >= 0.3 is 12.6 Å². The molecular formula is C22H21F2NO5. The fourth-order valence-corrected chi connectivity index (χ4v) is 2.72. The number of aryl methyl sites for hydroxylation is 2. The first-order valence-corrected chi connectivity index (χ1v) is 9.23. The summed E-state index contributed by atoms with van der Waals surface area (Å²) in [4.78, 5) is 16.2. The second-order valence-corrected chi connectivity index (χ2v) is 6.51. The molecule has 8 heteroatoms. The summed E-state index contributed by atoms with van der Waals surface area (Å²) >= 11 is 0. The second kappa shape index (κ2) is 9.87. The van der Waals surface area contributed by atoms with Gasteiger partial charge in [-0.2, -0.15) is 8.78 Å². The Morgan fingerprint density at radius 3 is 2.60 bits per heavy atom. The van der Waals surface area contributed by atoms with Gasteiger partial charge in [0.2, 0.25) is 0 Å². The molecule has 0 aliphatic heterocycles. The molecule has 6 nitrogen and oxygen atoms in total. The van der Waals surface area contributed by atoms with Gasteiger partial charge in [-0.15, -0.1) is 0 Å². The molecule has 0 fully saturated rings. The van der Waals surface area contributed by atoms with E-state index < -0.39 is 12.6 Å². The quantitative estimate of drug-likeness (QED) is 0.460. The molecule has 0 saturated carbocycles. The van der Waals surface area contributed by atoms with Crippen LogP contribution in [0, 0.1) is 6.92 Å². The minimum absolute atomic E-state index is 0.0235. The van der Waals surface area contributed by atoms with Crippen LogP contribution < -0.4 is 9.47 Å². The van der Waals surface area contributed by atoms with E-state index in [1.165, 1.54) is 25.3 Å². The zero-order chi connectivity index (χ0) is 21.5. The molecular weight excluding hydrogens is 396 g/mol. The van der Waals surface area contributed by atoms with Crippen molar-refractivity contribution in [3.05, 3.63) is 65.7 Å². The van der Waals surface area contributed by atoms with Crippen LogP contribution in [0.4, 0.5) is 8.78 Å². The number of hydrogen-bond acceptors (Lipinski definition) is 6. The van der Waals surface area contributed by atoms with Crippen LogP contribution in [0.15, 0.2) is 53.1 Å². The first kappa shape index (κ1) is 21.3. The van der Waals surface area contributed by atoms with Gasteiger partial charge in [-0.1, -0.05) is 35.9 Å². The van der Waals surface area contributed by atoms with Crippen molar-refractivity contribution in [3.63, 3.8) is 0 Å². The van der Waals surface area contributed by atoms with Gasteiger partial charge in [-0.25, -0.2) is 4.98 Å². The van der Waals surface area contributed by atoms with Gasteiger partial charge in [0.1, 0.15) is 6.61 Å². The normalized spacial score (nSPS) is 10.8. The summed E-state index contributed by atoms with van der Waals surface area (Å²) in [6, 6.07) is 12.2. The highest BCUT2D eigenvalue weighted by molar-refractivity contribution is 5.69. The molecule has 158 valence electrons. The molecule has 3 aromatic rings. The number of rotatable bonds is 9. The van der Waals surface area contributed by atoms with Gasteiger partial charge in [0.15, 0.2) is 23.1 Å². The monoisotopic (exact) mass is 417 g/mol. The summed E-state index contributed by atoms with van der Waals surface area (Å²) in [5.41, 5.74) is 2.64. The zero-order valence-corrected chi connectivity index (χ0v) is 16.6. The number of benzene rings is 2. The van der Waals surface area contributed by atoms with E-state index in [4.69, 9.17) is 13.9 Å². The Kier molecular flexibility index (Phi) is 7.00. The molecule has 1 aromatic heterocycles. The van der Waals surface area contributed by atoms with Gasteiger partial charge in [-0.05, 0) is 24.6 Å². The minimum atomic E-state index is -2.95. The van der Waals surface area contributed by atoms with Crippen LogP contribution in [0.25, 0.3) is 11.3 Å². The highest BCUT2D eigenvalue weighted by atomic mass is 19.3. The fourth-order valence-electron chi connectivity index (χ4n) is 2.72. The van der Waals surface area contributed by atoms with E-state index in [1.807, 2.05) is 31.2 Å². The molecule has 0 amide bonds. The topological polar surface area (TPSA) is 70.8 Å². The number of carbonyl (C=O) groups excluding carboxylic acids is 1. The highest BCUT2D eigenvalue weighted by Crippen LogP contribution is 2.29. The van der Waals surface area contributed by atoms with E-state index in [0.717, 1.165) is 11.1 Å². The van der Waals surface area contributed by atoms with Crippen LogP contribution in [-0.4, -0.2) is 24.7 Å². The molecule has 0 radical (unpaired) electrons. The summed E-state index contributed by atoms with van der Waals surface area (Å²) < 4.78 is 45.0. The third-order valence-electron chi connectivity index (χ3n) is 4.28. The number of oxazole rings is 1. The molecule has 1 heterocycles. The maximum atomic E-state index is 12.4. The molecule has 0 bridgehead atoms. The lowest BCUT2D eigenvalue weighted by Gasteiger charge is -2.11. The van der Waals surface area contributed by atoms with Crippen LogP contribution in [-0.2, 0) is 22.6 Å². The largest absolute Gasteiger partial charge is 0.493 e. The second-order valence-electron chi connectivity index (χ2n) is 6.51. The molecule has 3 rings (SSSR count). The smallest absolute Gasteiger partial charge is 0.387 e. The standard InChI is InChI=1S/C22H21F2NO5/c1-14-3-6-16(7-4-14)19-12-25-20(29-19)9-10-21(26)28-13-15-5-8-17(30-22(23)24)18(11-15)27-2/h3-8,11-12,22H,9-10,13H2,1-2H3. The lowest BCUT2D eigenvalue weighted by atomic mass is 10.1. The summed E-state index contributed by atoms with van der Waals surface area (Å²) in [5, 5.41) is 0. The average Bonchev–Trinajstić information content (AvgIpc) is 3.20. The lowest BCUT2D eigenvalue weighted by Crippen LogP contribution is -2.07. The Hall–Kier alpha value is -3.42. The van der Waals surface area contributed by atoms with Crippen LogP contribution in [0.3, 0.4) is 0 Å². The van der Waals surface area contributed by atoms with Crippen molar-refractivity contribution in [3.8, 4) is 22.8 Å². The number of alkyl halides is 2. The number of esters is 1. The summed E-state index contributed by atoms with van der Waals surface area (Å²) in [5.74, 6) is 0.689. The van der Waals surface area contributed by atoms with E-state index in [0.29, 0.717) is 23.6 Å². The van der Waals surface area contributed by atoms with Crippen LogP contribution in [0.1, 0.15) is 23.4 Å². The zero-order valence-electron chi connectivity index (χ0n) is 16.6. The molecule has 0 spiro atoms. The molecule has 0 atom stereocenters. The first-order valence-electron chi connectivity index (χ1n) is 9.23. The molecule has 0 N–H and O–H groups in total. The van der Waals surface area contributed by atoms with Gasteiger partial charge in [0.05, 0.1) is 19.7 Å². The van der Waals surface area contributed by atoms with E-state index in [-0.39, 0.29) is 24.5 Å². The number of methoxy groups -OCH3 is 1. The molecule has 2 aromatic carbocycles. The van der Waals surface area contributed by atoms with Crippen LogP contribution in [0.5, 0.6) is 11.5 Å². The Morgan fingerprint density at radius 2 is 1.90 bits per heavy atom.